The van der Waals surface area contributed by atoms with Crippen LogP contribution in [-0.2, 0) is 4.79 Å². The van der Waals surface area contributed by atoms with Crippen LogP contribution >= 0.6 is 0 Å². The molecule has 1 rings (SSSR count). The molecule has 0 fully saturated rings. The van der Waals surface area contributed by atoms with Crippen LogP contribution in [0.1, 0.15) is 16.7 Å². The summed E-state index contributed by atoms with van der Waals surface area (Å²) >= 11 is 0. The Bertz CT molecular complexity index is 429. The number of aryl methyl sites for hydroxylation is 2. The molecule has 4 heteroatoms. The Morgan fingerprint density at radius 3 is 2.50 bits per heavy atom. The van der Waals surface area contributed by atoms with Gasteiger partial charge in [-0.05, 0) is 37.5 Å². The molecule has 0 saturated heterocycles. The number of aliphatic hydroxyl groups excluding tert-OH is 1. The van der Waals surface area contributed by atoms with Crippen LogP contribution in [0.5, 0.6) is 5.75 Å². The van der Waals surface area contributed by atoms with Crippen molar-refractivity contribution in [3.05, 3.63) is 28.8 Å². The van der Waals surface area contributed by atoms with Crippen LogP contribution < -0.4 is 4.74 Å². The second kappa shape index (κ2) is 6.40. The lowest BCUT2D eigenvalue weighted by Crippen LogP contribution is -2.33. The number of carbonyl (C=O) groups excluding carboxylic acids is 1. The van der Waals surface area contributed by atoms with E-state index in [2.05, 4.69) is 0 Å². The first kappa shape index (κ1) is 14.5. The fraction of sp³-hybridized carbons (Fsp3) is 0.500. The standard InChI is InChI=1S/C14H21NO3/c1-10-5-6-11(2)14(12(10)3)18-9-13(17)15(4)7-8-16/h5-6,16H,7-9H2,1-4H3. The zero-order chi connectivity index (χ0) is 13.7. The van der Waals surface area contributed by atoms with Gasteiger partial charge in [0.25, 0.3) is 5.91 Å². The highest BCUT2D eigenvalue weighted by Gasteiger charge is 2.12. The number of ether oxygens (including phenoxy) is 1. The summed E-state index contributed by atoms with van der Waals surface area (Å²) in [7, 11) is 1.65. The van der Waals surface area contributed by atoms with Crippen molar-refractivity contribution in [2.45, 2.75) is 20.8 Å². The smallest absolute Gasteiger partial charge is 0.260 e. The van der Waals surface area contributed by atoms with Crippen LogP contribution in [0, 0.1) is 20.8 Å². The molecule has 0 spiro atoms. The number of carbonyl (C=O) groups is 1. The number of amides is 1. The maximum atomic E-state index is 11.7. The number of rotatable bonds is 5. The first-order valence-corrected chi connectivity index (χ1v) is 6.01. The SMILES string of the molecule is Cc1ccc(C)c(OCC(=O)N(C)CCO)c1C. The average molecular weight is 251 g/mol. The van der Waals surface area contributed by atoms with Crippen LogP contribution in [0.15, 0.2) is 12.1 Å². The number of hydrogen-bond donors (Lipinski definition) is 1. The van der Waals surface area contributed by atoms with Gasteiger partial charge >= 0.3 is 0 Å². The third kappa shape index (κ3) is 3.47. The molecule has 0 bridgehead atoms. The molecule has 1 N–H and O–H groups in total. The summed E-state index contributed by atoms with van der Waals surface area (Å²) in [5.41, 5.74) is 3.23. The van der Waals surface area contributed by atoms with E-state index in [-0.39, 0.29) is 19.1 Å². The van der Waals surface area contributed by atoms with E-state index in [0.29, 0.717) is 6.54 Å². The maximum absolute atomic E-state index is 11.7. The summed E-state index contributed by atoms with van der Waals surface area (Å²) in [4.78, 5) is 13.2. The lowest BCUT2D eigenvalue weighted by Gasteiger charge is -2.18. The second-order valence-corrected chi connectivity index (χ2v) is 4.48. The van der Waals surface area contributed by atoms with Gasteiger partial charge in [0.1, 0.15) is 5.75 Å². The van der Waals surface area contributed by atoms with Crippen molar-refractivity contribution in [1.29, 1.82) is 0 Å². The molecule has 0 heterocycles. The lowest BCUT2D eigenvalue weighted by molar-refractivity contribution is -0.132. The van der Waals surface area contributed by atoms with Crippen LogP contribution in [-0.4, -0.2) is 42.7 Å². The van der Waals surface area contributed by atoms with Crippen molar-refractivity contribution >= 4 is 5.91 Å². The summed E-state index contributed by atoms with van der Waals surface area (Å²) in [6, 6.07) is 4.02. The molecule has 1 aromatic carbocycles. The molecule has 0 aliphatic carbocycles. The van der Waals surface area contributed by atoms with Gasteiger partial charge in [0.05, 0.1) is 6.61 Å². The minimum absolute atomic E-state index is 0.00162. The number of likely N-dealkylation sites (N-methyl/N-ethyl adjacent to an activating group) is 1. The molecular formula is C14H21NO3. The van der Waals surface area contributed by atoms with Crippen molar-refractivity contribution in [2.75, 3.05) is 26.8 Å². The van der Waals surface area contributed by atoms with Crippen LogP contribution in [0.25, 0.3) is 0 Å². The molecule has 0 atom stereocenters. The average Bonchev–Trinajstić information content (AvgIpc) is 2.34. The van der Waals surface area contributed by atoms with Crippen molar-refractivity contribution in [2.24, 2.45) is 0 Å². The van der Waals surface area contributed by atoms with E-state index < -0.39 is 0 Å². The molecule has 1 amide bonds. The predicted octanol–water partition coefficient (Wildman–Crippen LogP) is 1.44. The lowest BCUT2D eigenvalue weighted by atomic mass is 10.1. The fourth-order valence-corrected chi connectivity index (χ4v) is 1.67. The Balaban J connectivity index is 2.69. The minimum atomic E-state index is -0.135. The van der Waals surface area contributed by atoms with Crippen molar-refractivity contribution in [3.8, 4) is 5.75 Å². The largest absolute Gasteiger partial charge is 0.483 e. The van der Waals surface area contributed by atoms with Gasteiger partial charge in [-0.2, -0.15) is 0 Å². The zero-order valence-corrected chi connectivity index (χ0v) is 11.5. The maximum Gasteiger partial charge on any atom is 0.260 e. The molecule has 0 unspecified atom stereocenters. The minimum Gasteiger partial charge on any atom is -0.483 e. The van der Waals surface area contributed by atoms with Gasteiger partial charge in [-0.1, -0.05) is 12.1 Å². The summed E-state index contributed by atoms with van der Waals surface area (Å²) in [5.74, 6) is 0.644. The number of benzene rings is 1. The van der Waals surface area contributed by atoms with Gasteiger partial charge in [0.15, 0.2) is 6.61 Å². The van der Waals surface area contributed by atoms with Crippen molar-refractivity contribution < 1.29 is 14.6 Å². The van der Waals surface area contributed by atoms with E-state index in [9.17, 15) is 4.79 Å². The summed E-state index contributed by atoms with van der Waals surface area (Å²) in [5, 5.41) is 8.76. The van der Waals surface area contributed by atoms with Gasteiger partial charge in [0, 0.05) is 13.6 Å². The molecular weight excluding hydrogens is 230 g/mol. The third-order valence-electron chi connectivity index (χ3n) is 3.07. The van der Waals surface area contributed by atoms with E-state index in [1.54, 1.807) is 7.05 Å². The molecule has 4 nitrogen and oxygen atoms in total. The highest BCUT2D eigenvalue weighted by Crippen LogP contribution is 2.25. The molecule has 1 aromatic rings. The molecule has 18 heavy (non-hydrogen) atoms. The van der Waals surface area contributed by atoms with Crippen LogP contribution in [0.2, 0.25) is 0 Å². The predicted molar refractivity (Wildman–Crippen MR) is 70.9 cm³/mol. The normalized spacial score (nSPS) is 10.3. The van der Waals surface area contributed by atoms with Crippen LogP contribution in [0.4, 0.5) is 0 Å². The van der Waals surface area contributed by atoms with Gasteiger partial charge in [0.2, 0.25) is 0 Å². The topological polar surface area (TPSA) is 49.8 Å². The molecule has 0 radical (unpaired) electrons. The Hall–Kier alpha value is -1.55. The molecule has 0 aromatic heterocycles. The van der Waals surface area contributed by atoms with E-state index in [0.717, 1.165) is 22.4 Å². The van der Waals surface area contributed by atoms with Crippen LogP contribution in [0.3, 0.4) is 0 Å². The molecule has 100 valence electrons. The van der Waals surface area contributed by atoms with Gasteiger partial charge in [-0.3, -0.25) is 4.79 Å². The third-order valence-corrected chi connectivity index (χ3v) is 3.07. The Kier molecular flexibility index (Phi) is 5.16. The monoisotopic (exact) mass is 251 g/mol. The molecule has 0 aliphatic heterocycles. The van der Waals surface area contributed by atoms with E-state index >= 15 is 0 Å². The molecule has 0 saturated carbocycles. The Morgan fingerprint density at radius 1 is 1.28 bits per heavy atom. The van der Waals surface area contributed by atoms with E-state index in [1.165, 1.54) is 4.90 Å². The first-order valence-electron chi connectivity index (χ1n) is 6.01. The summed E-state index contributed by atoms with van der Waals surface area (Å²) in [6.07, 6.45) is 0. The van der Waals surface area contributed by atoms with Gasteiger partial charge in [-0.25, -0.2) is 0 Å². The van der Waals surface area contributed by atoms with Crippen molar-refractivity contribution in [1.82, 2.24) is 4.90 Å². The van der Waals surface area contributed by atoms with E-state index in [4.69, 9.17) is 9.84 Å². The summed E-state index contributed by atoms with van der Waals surface area (Å²) < 4.78 is 5.60. The van der Waals surface area contributed by atoms with E-state index in [1.807, 2.05) is 32.9 Å². The number of nitrogens with zero attached hydrogens (tertiary/aromatic N) is 1. The highest BCUT2D eigenvalue weighted by molar-refractivity contribution is 5.77. The summed E-state index contributed by atoms with van der Waals surface area (Å²) in [6.45, 7) is 6.25. The highest BCUT2D eigenvalue weighted by atomic mass is 16.5. The Labute approximate surface area is 108 Å². The second-order valence-electron chi connectivity index (χ2n) is 4.48. The van der Waals surface area contributed by atoms with Gasteiger partial charge in [-0.15, -0.1) is 0 Å². The Morgan fingerprint density at radius 2 is 1.89 bits per heavy atom. The number of hydrogen-bond acceptors (Lipinski definition) is 3. The van der Waals surface area contributed by atoms with Gasteiger partial charge < -0.3 is 14.7 Å². The zero-order valence-electron chi connectivity index (χ0n) is 11.5. The fourth-order valence-electron chi connectivity index (χ4n) is 1.67. The molecule has 0 aliphatic rings. The quantitative estimate of drug-likeness (QED) is 0.861. The first-order chi connectivity index (χ1) is 8.47. The number of aliphatic hydroxyl groups is 1. The van der Waals surface area contributed by atoms with Crippen molar-refractivity contribution in [3.63, 3.8) is 0 Å².